The molecule has 0 saturated heterocycles. The average molecular weight is 435 g/mol. The number of carbonyl (C=O) groups is 1. The van der Waals surface area contributed by atoms with Crippen LogP contribution in [-0.4, -0.2) is 59.9 Å². The number of aryl methyl sites for hydroxylation is 1. The van der Waals surface area contributed by atoms with Gasteiger partial charge in [0.05, 0.1) is 30.8 Å². The van der Waals surface area contributed by atoms with Crippen molar-refractivity contribution in [1.82, 2.24) is 34.8 Å². The molecule has 0 saturated carbocycles. The van der Waals surface area contributed by atoms with Crippen LogP contribution in [-0.2, 0) is 6.18 Å². The van der Waals surface area contributed by atoms with Crippen molar-refractivity contribution in [2.75, 3.05) is 13.2 Å². The van der Waals surface area contributed by atoms with E-state index in [0.717, 1.165) is 6.20 Å². The van der Waals surface area contributed by atoms with Crippen molar-refractivity contribution in [3.05, 3.63) is 54.0 Å². The topological polar surface area (TPSA) is 98.9 Å². The van der Waals surface area contributed by atoms with Crippen molar-refractivity contribution in [3.63, 3.8) is 0 Å². The molecule has 164 valence electrons. The summed E-state index contributed by atoms with van der Waals surface area (Å²) in [7, 11) is 0. The summed E-state index contributed by atoms with van der Waals surface area (Å²) in [6.45, 7) is 5.67. The number of rotatable bonds is 7. The van der Waals surface area contributed by atoms with Crippen molar-refractivity contribution >= 4 is 5.91 Å². The molecule has 0 aliphatic heterocycles. The van der Waals surface area contributed by atoms with Crippen molar-refractivity contribution in [2.45, 2.75) is 33.0 Å². The molecule has 31 heavy (non-hydrogen) atoms. The van der Waals surface area contributed by atoms with Crippen molar-refractivity contribution in [1.29, 1.82) is 0 Å². The fourth-order valence-corrected chi connectivity index (χ4v) is 2.83. The van der Waals surface area contributed by atoms with E-state index < -0.39 is 17.9 Å². The third-order valence-electron chi connectivity index (χ3n) is 4.37. The molecule has 0 aliphatic rings. The summed E-state index contributed by atoms with van der Waals surface area (Å²) in [6, 6.07) is 3.03. The van der Waals surface area contributed by atoms with Gasteiger partial charge in [0.25, 0.3) is 5.91 Å². The van der Waals surface area contributed by atoms with Gasteiger partial charge < -0.3 is 9.64 Å². The molecule has 0 N–H and O–H groups in total. The number of nitrogens with zero attached hydrogens (tertiary/aromatic N) is 7. The molecular weight excluding hydrogens is 415 g/mol. The number of halogens is 3. The van der Waals surface area contributed by atoms with Gasteiger partial charge in [-0.25, -0.2) is 15.0 Å². The van der Waals surface area contributed by atoms with Crippen molar-refractivity contribution in [2.24, 2.45) is 0 Å². The maximum absolute atomic E-state index is 13.2. The van der Waals surface area contributed by atoms with Crippen LogP contribution in [0.1, 0.15) is 35.7 Å². The Morgan fingerprint density at radius 2 is 1.90 bits per heavy atom. The van der Waals surface area contributed by atoms with Crippen LogP contribution in [0.2, 0.25) is 0 Å². The molecule has 0 aromatic carbocycles. The maximum Gasteiger partial charge on any atom is 0.434 e. The standard InChI is InChI=1S/C19H20F3N7O2/c1-4-28(13(3)11-31-16-10-23-15(9-24-16)19(20,21)22)18(30)17-14(6-5-12(2)27-17)29-25-7-8-26-29/h5-10,13H,4,11H2,1-3H3/t13-/m0/s1. The van der Waals surface area contributed by atoms with Crippen LogP contribution < -0.4 is 4.74 Å². The van der Waals surface area contributed by atoms with Gasteiger partial charge in [0, 0.05) is 12.2 Å². The molecule has 0 unspecified atom stereocenters. The minimum atomic E-state index is -4.58. The number of carbonyl (C=O) groups excluding carboxylic acids is 1. The van der Waals surface area contributed by atoms with Gasteiger partial charge in [-0.3, -0.25) is 4.79 Å². The first-order chi connectivity index (χ1) is 14.7. The lowest BCUT2D eigenvalue weighted by Crippen LogP contribution is -2.42. The summed E-state index contributed by atoms with van der Waals surface area (Å²) in [5.74, 6) is -0.424. The molecular formula is C19H20F3N7O2. The number of hydrogen-bond acceptors (Lipinski definition) is 7. The van der Waals surface area contributed by atoms with E-state index in [-0.39, 0.29) is 24.1 Å². The third-order valence-corrected chi connectivity index (χ3v) is 4.37. The van der Waals surface area contributed by atoms with E-state index in [4.69, 9.17) is 4.74 Å². The molecule has 0 aliphatic carbocycles. The zero-order valence-electron chi connectivity index (χ0n) is 17.0. The Hall–Kier alpha value is -3.57. The SMILES string of the molecule is CCN(C(=O)c1nc(C)ccc1-n1nccn1)[C@@H](C)COc1cnc(C(F)(F)F)cn1. The number of aromatic nitrogens is 6. The Kier molecular flexibility index (Phi) is 6.47. The van der Waals surface area contributed by atoms with Gasteiger partial charge in [-0.1, -0.05) is 0 Å². The lowest BCUT2D eigenvalue weighted by atomic mass is 10.2. The van der Waals surface area contributed by atoms with Crippen molar-refractivity contribution < 1.29 is 22.7 Å². The van der Waals surface area contributed by atoms with Gasteiger partial charge >= 0.3 is 6.18 Å². The number of pyridine rings is 1. The zero-order chi connectivity index (χ0) is 22.6. The van der Waals surface area contributed by atoms with Crippen LogP contribution in [0.4, 0.5) is 13.2 Å². The predicted molar refractivity (Wildman–Crippen MR) is 103 cm³/mol. The summed E-state index contributed by atoms with van der Waals surface area (Å²) in [5, 5.41) is 8.13. The highest BCUT2D eigenvalue weighted by Crippen LogP contribution is 2.27. The van der Waals surface area contributed by atoms with E-state index in [1.165, 1.54) is 22.1 Å². The summed E-state index contributed by atoms with van der Waals surface area (Å²) in [5.41, 5.74) is 0.155. The summed E-state index contributed by atoms with van der Waals surface area (Å²) < 4.78 is 43.2. The predicted octanol–water partition coefficient (Wildman–Crippen LogP) is 2.71. The first kappa shape index (κ1) is 22.1. The molecule has 1 amide bonds. The molecule has 3 rings (SSSR count). The molecule has 0 fully saturated rings. The fourth-order valence-electron chi connectivity index (χ4n) is 2.83. The van der Waals surface area contributed by atoms with Crippen LogP contribution in [0.3, 0.4) is 0 Å². The van der Waals surface area contributed by atoms with Gasteiger partial charge in [-0.05, 0) is 32.9 Å². The monoisotopic (exact) mass is 435 g/mol. The van der Waals surface area contributed by atoms with Gasteiger partial charge in [0.2, 0.25) is 5.88 Å². The first-order valence-electron chi connectivity index (χ1n) is 9.38. The first-order valence-corrected chi connectivity index (χ1v) is 9.38. The molecule has 3 heterocycles. The Morgan fingerprint density at radius 3 is 2.48 bits per heavy atom. The summed E-state index contributed by atoms with van der Waals surface area (Å²) >= 11 is 0. The van der Waals surface area contributed by atoms with Crippen LogP contribution in [0.5, 0.6) is 5.88 Å². The third kappa shape index (κ3) is 5.13. The Labute approximate surface area is 175 Å². The van der Waals surface area contributed by atoms with Gasteiger partial charge in [-0.2, -0.15) is 23.4 Å². The number of alkyl halides is 3. The van der Waals surface area contributed by atoms with E-state index >= 15 is 0 Å². The highest BCUT2D eigenvalue weighted by Gasteiger charge is 2.33. The summed E-state index contributed by atoms with van der Waals surface area (Å²) in [6.07, 6.45) is -0.0905. The van der Waals surface area contributed by atoms with Gasteiger partial charge in [-0.15, -0.1) is 4.80 Å². The second-order valence-electron chi connectivity index (χ2n) is 6.63. The normalized spacial score (nSPS) is 12.5. The zero-order valence-corrected chi connectivity index (χ0v) is 17.0. The molecule has 3 aromatic heterocycles. The molecule has 3 aromatic rings. The van der Waals surface area contributed by atoms with E-state index in [2.05, 4.69) is 25.1 Å². The highest BCUT2D eigenvalue weighted by molar-refractivity contribution is 5.96. The number of ether oxygens (including phenoxy) is 1. The molecule has 0 bridgehead atoms. The second-order valence-corrected chi connectivity index (χ2v) is 6.63. The van der Waals surface area contributed by atoms with E-state index in [1.54, 1.807) is 32.9 Å². The van der Waals surface area contributed by atoms with Crippen LogP contribution >= 0.6 is 0 Å². The molecule has 12 heteroatoms. The number of hydrogen-bond donors (Lipinski definition) is 0. The maximum atomic E-state index is 13.2. The Morgan fingerprint density at radius 1 is 1.19 bits per heavy atom. The van der Waals surface area contributed by atoms with Crippen LogP contribution in [0, 0.1) is 6.92 Å². The van der Waals surface area contributed by atoms with E-state index in [1.807, 2.05) is 0 Å². The molecule has 0 spiro atoms. The van der Waals surface area contributed by atoms with Gasteiger partial charge in [0.1, 0.15) is 12.3 Å². The largest absolute Gasteiger partial charge is 0.474 e. The van der Waals surface area contributed by atoms with Gasteiger partial charge in [0.15, 0.2) is 11.4 Å². The minimum Gasteiger partial charge on any atom is -0.474 e. The molecule has 9 nitrogen and oxygen atoms in total. The van der Waals surface area contributed by atoms with Crippen molar-refractivity contribution in [3.8, 4) is 11.6 Å². The molecule has 1 atom stereocenters. The second kappa shape index (κ2) is 9.06. The minimum absolute atomic E-state index is 0.000787. The highest BCUT2D eigenvalue weighted by atomic mass is 19.4. The summed E-state index contributed by atoms with van der Waals surface area (Å²) in [4.78, 5) is 27.4. The van der Waals surface area contributed by atoms with Crippen LogP contribution in [0.25, 0.3) is 5.69 Å². The smallest absolute Gasteiger partial charge is 0.434 e. The Bertz CT molecular complexity index is 1020. The number of amides is 1. The van der Waals surface area contributed by atoms with Crippen LogP contribution in [0.15, 0.2) is 36.9 Å². The molecule has 0 radical (unpaired) electrons. The lowest BCUT2D eigenvalue weighted by molar-refractivity contribution is -0.141. The lowest BCUT2D eigenvalue weighted by Gasteiger charge is -2.28. The number of likely N-dealkylation sites (N-methyl/N-ethyl adjacent to an activating group) is 1. The fraction of sp³-hybridized carbons (Fsp3) is 0.368. The average Bonchev–Trinajstić information content (AvgIpc) is 3.27. The van der Waals surface area contributed by atoms with E-state index in [0.29, 0.717) is 24.1 Å². The van der Waals surface area contributed by atoms with E-state index in [9.17, 15) is 18.0 Å². The quantitative estimate of drug-likeness (QED) is 0.563. The Balaban J connectivity index is 1.74.